The van der Waals surface area contributed by atoms with E-state index < -0.39 is 10.5 Å². The highest BCUT2D eigenvalue weighted by molar-refractivity contribution is 14.1. The fraction of sp³-hybridized carbons (Fsp3) is 0.188. The van der Waals surface area contributed by atoms with Gasteiger partial charge in [0.25, 0.3) is 0 Å². The lowest BCUT2D eigenvalue weighted by Gasteiger charge is -2.25. The lowest BCUT2D eigenvalue weighted by atomic mass is 10.2. The predicted octanol–water partition coefficient (Wildman–Crippen LogP) is 3.29. The van der Waals surface area contributed by atoms with Crippen LogP contribution in [0.15, 0.2) is 48.5 Å². The van der Waals surface area contributed by atoms with Crippen molar-refractivity contribution in [1.29, 1.82) is 0 Å². The molecule has 0 aromatic heterocycles. The Bertz CT molecular complexity index is 826. The number of halogens is 2. The molecule has 0 aliphatic rings. The molecule has 0 saturated carbocycles. The summed E-state index contributed by atoms with van der Waals surface area (Å²) in [6.07, 6.45) is 0.806. The van der Waals surface area contributed by atoms with Crippen molar-refractivity contribution in [3.8, 4) is 5.75 Å². The average Bonchev–Trinajstić information content (AvgIpc) is 2.52. The number of hydrogen-bond acceptors (Lipinski definition) is 5. The third-order valence-corrected chi connectivity index (χ3v) is 4.40. The minimum atomic E-state index is -5.06. The van der Waals surface area contributed by atoms with Gasteiger partial charge < -0.3 is 14.8 Å². The molecule has 6 nitrogen and oxygen atoms in total. The van der Waals surface area contributed by atoms with Crippen LogP contribution in [0.5, 0.6) is 5.75 Å². The number of rotatable bonds is 8. The topological polar surface area (TPSA) is 89.7 Å². The summed E-state index contributed by atoms with van der Waals surface area (Å²) in [5, 5.41) is 0. The van der Waals surface area contributed by atoms with E-state index in [0.29, 0.717) is 13.0 Å². The number of hydrogen-bond donors (Lipinski definition) is 1. The molecule has 0 bridgehead atoms. The molecule has 25 heavy (non-hydrogen) atoms. The highest BCUT2D eigenvalue weighted by Crippen LogP contribution is 2.28. The van der Waals surface area contributed by atoms with Crippen LogP contribution in [0, 0.1) is 3.57 Å². The molecule has 0 fully saturated rings. The molecule has 1 amide bonds. The van der Waals surface area contributed by atoms with Crippen molar-refractivity contribution in [1.82, 2.24) is 0 Å². The highest BCUT2D eigenvalue weighted by Gasteiger charge is 2.13. The molecule has 0 heterocycles. The van der Waals surface area contributed by atoms with E-state index in [1.165, 1.54) is 12.1 Å². The van der Waals surface area contributed by atoms with Crippen LogP contribution in [-0.2, 0) is 15.3 Å². The first-order valence-corrected chi connectivity index (χ1v) is 9.69. The quantitative estimate of drug-likeness (QED) is 0.465. The summed E-state index contributed by atoms with van der Waals surface area (Å²) in [5.74, 6) is -0.495. The largest absolute Gasteiger partial charge is 0.488 e. The first-order chi connectivity index (χ1) is 11.7. The summed E-state index contributed by atoms with van der Waals surface area (Å²) in [7, 11) is -5.06. The Labute approximate surface area is 159 Å². The zero-order valence-corrected chi connectivity index (χ0v) is 16.0. The fourth-order valence-corrected chi connectivity index (χ4v) is 2.94. The zero-order chi connectivity index (χ0) is 18.4. The van der Waals surface area contributed by atoms with Crippen LogP contribution >= 0.6 is 22.6 Å². The Balaban J connectivity index is 2.24. The van der Waals surface area contributed by atoms with E-state index in [0.717, 1.165) is 14.9 Å². The lowest BCUT2D eigenvalue weighted by Crippen LogP contribution is -2.20. The number of carbonyl (C=O) groups is 1. The Morgan fingerprint density at radius 1 is 1.08 bits per heavy atom. The van der Waals surface area contributed by atoms with Gasteiger partial charge in [-0.3, -0.25) is 4.79 Å². The molecule has 0 aliphatic carbocycles. The van der Waals surface area contributed by atoms with Gasteiger partial charge in [-0.05, 0) is 77.5 Å². The molecule has 0 unspecified atom stereocenters. The van der Waals surface area contributed by atoms with Crippen molar-refractivity contribution in [3.05, 3.63) is 52.1 Å². The summed E-state index contributed by atoms with van der Waals surface area (Å²) in [5.41, 5.74) is 6.83. The predicted molar refractivity (Wildman–Crippen MR) is 102 cm³/mol. The molecule has 0 radical (unpaired) electrons. The van der Waals surface area contributed by atoms with E-state index >= 15 is 0 Å². The van der Waals surface area contributed by atoms with Gasteiger partial charge in [0.15, 0.2) is 0 Å². The third kappa shape index (κ3) is 6.50. The van der Waals surface area contributed by atoms with Crippen LogP contribution in [0.4, 0.5) is 15.3 Å². The van der Waals surface area contributed by atoms with Gasteiger partial charge in [-0.25, -0.2) is 0 Å². The van der Waals surface area contributed by atoms with Crippen molar-refractivity contribution in [2.75, 3.05) is 11.4 Å². The fourth-order valence-electron chi connectivity index (χ4n) is 2.24. The molecule has 134 valence electrons. The molecule has 2 rings (SSSR count). The Hall–Kier alpha value is -1.88. The van der Waals surface area contributed by atoms with Crippen LogP contribution in [0.1, 0.15) is 12.8 Å². The van der Waals surface area contributed by atoms with Gasteiger partial charge in [0, 0.05) is 27.9 Å². The second-order valence-corrected chi connectivity index (χ2v) is 7.37. The number of nitrogens with zero attached hydrogens (tertiary/aromatic N) is 1. The first-order valence-electron chi connectivity index (χ1n) is 7.30. The van der Waals surface area contributed by atoms with Gasteiger partial charge in [-0.1, -0.05) is 3.89 Å². The standard InChI is InChI=1S/C16H16FIN2O4S/c17-25(22,23)24-15-9-7-14(8-10-15)20(11-1-2-16(19)21)13-5-3-12(18)4-6-13/h3-10H,1-2,11H2,(H2,19,21). The van der Waals surface area contributed by atoms with Gasteiger partial charge in [0.05, 0.1) is 0 Å². The van der Waals surface area contributed by atoms with E-state index in [2.05, 4.69) is 26.8 Å². The second-order valence-electron chi connectivity index (χ2n) is 5.17. The van der Waals surface area contributed by atoms with Gasteiger partial charge in [0.1, 0.15) is 5.75 Å². The molecule has 2 aromatic carbocycles. The monoisotopic (exact) mass is 478 g/mol. The SMILES string of the molecule is NC(=O)CCCN(c1ccc(I)cc1)c1ccc(OS(=O)(=O)F)cc1. The van der Waals surface area contributed by atoms with Crippen molar-refractivity contribution >= 4 is 50.4 Å². The number of primary amides is 1. The summed E-state index contributed by atoms with van der Waals surface area (Å²) >= 11 is 2.20. The van der Waals surface area contributed by atoms with Crippen molar-refractivity contribution in [3.63, 3.8) is 0 Å². The van der Waals surface area contributed by atoms with Gasteiger partial charge in [0.2, 0.25) is 5.91 Å². The van der Waals surface area contributed by atoms with Crippen LogP contribution in [0.2, 0.25) is 0 Å². The van der Waals surface area contributed by atoms with Crippen molar-refractivity contribution in [2.45, 2.75) is 12.8 Å². The maximum absolute atomic E-state index is 12.6. The maximum Gasteiger partial charge on any atom is 0.488 e. The molecule has 0 saturated heterocycles. The summed E-state index contributed by atoms with van der Waals surface area (Å²) in [4.78, 5) is 12.9. The molecule has 0 spiro atoms. The van der Waals surface area contributed by atoms with E-state index in [-0.39, 0.29) is 18.1 Å². The van der Waals surface area contributed by atoms with E-state index in [4.69, 9.17) is 5.73 Å². The Morgan fingerprint density at radius 2 is 1.60 bits per heavy atom. The van der Waals surface area contributed by atoms with Crippen LogP contribution < -0.4 is 14.8 Å². The Morgan fingerprint density at radius 3 is 2.08 bits per heavy atom. The van der Waals surface area contributed by atoms with E-state index in [9.17, 15) is 17.1 Å². The molecule has 2 N–H and O–H groups in total. The van der Waals surface area contributed by atoms with Gasteiger partial charge in [-0.15, -0.1) is 0 Å². The molecule has 0 atom stereocenters. The van der Waals surface area contributed by atoms with Crippen molar-refractivity contribution < 1.29 is 21.3 Å². The molecule has 0 aliphatic heterocycles. The van der Waals surface area contributed by atoms with Gasteiger partial charge in [-0.2, -0.15) is 8.42 Å². The molecular weight excluding hydrogens is 462 g/mol. The smallest absolute Gasteiger partial charge is 0.370 e. The van der Waals surface area contributed by atoms with Crippen LogP contribution in [-0.4, -0.2) is 20.9 Å². The van der Waals surface area contributed by atoms with E-state index in [1.807, 2.05) is 29.2 Å². The van der Waals surface area contributed by atoms with E-state index in [1.54, 1.807) is 12.1 Å². The maximum atomic E-state index is 12.6. The normalized spacial score (nSPS) is 11.1. The minimum absolute atomic E-state index is 0.119. The number of anilines is 2. The number of carbonyl (C=O) groups excluding carboxylic acids is 1. The number of amides is 1. The lowest BCUT2D eigenvalue weighted by molar-refractivity contribution is -0.118. The van der Waals surface area contributed by atoms with Gasteiger partial charge >= 0.3 is 10.5 Å². The number of nitrogens with two attached hydrogens (primary N) is 1. The highest BCUT2D eigenvalue weighted by atomic mass is 127. The average molecular weight is 478 g/mol. The first kappa shape index (κ1) is 19.4. The van der Waals surface area contributed by atoms with Crippen molar-refractivity contribution in [2.24, 2.45) is 5.73 Å². The molecule has 2 aromatic rings. The van der Waals surface area contributed by atoms with Crippen LogP contribution in [0.25, 0.3) is 0 Å². The second kappa shape index (κ2) is 8.48. The van der Waals surface area contributed by atoms with Crippen LogP contribution in [0.3, 0.4) is 0 Å². The Kier molecular flexibility index (Phi) is 6.59. The third-order valence-electron chi connectivity index (χ3n) is 3.29. The summed E-state index contributed by atoms with van der Waals surface area (Å²) in [6, 6.07) is 13.7. The number of benzene rings is 2. The minimum Gasteiger partial charge on any atom is -0.370 e. The zero-order valence-electron chi connectivity index (χ0n) is 13.1. The molecular formula is C16H16FIN2O4S. The molecule has 9 heteroatoms. The summed E-state index contributed by atoms with van der Waals surface area (Å²) in [6.45, 7) is 0.533. The summed E-state index contributed by atoms with van der Waals surface area (Å²) < 4.78 is 38.9.